The molecule has 1 aromatic carbocycles. The minimum atomic E-state index is -0.536. The molecule has 0 aliphatic carbocycles. The monoisotopic (exact) mass is 275 g/mol. The van der Waals surface area contributed by atoms with Gasteiger partial charge in [0.05, 0.1) is 19.5 Å². The van der Waals surface area contributed by atoms with E-state index in [1.165, 1.54) is 31.6 Å². The van der Waals surface area contributed by atoms with E-state index in [1.807, 2.05) is 6.07 Å². The summed E-state index contributed by atoms with van der Waals surface area (Å²) in [5.74, 6) is -0.314. The number of aromatic nitrogens is 2. The third-order valence-electron chi connectivity index (χ3n) is 2.64. The Hall–Kier alpha value is -2.50. The van der Waals surface area contributed by atoms with Crippen molar-refractivity contribution < 1.29 is 13.9 Å². The minimum absolute atomic E-state index is 0.142. The van der Waals surface area contributed by atoms with Crippen LogP contribution < -0.4 is 5.32 Å². The Morgan fingerprint density at radius 2 is 2.25 bits per heavy atom. The number of halogens is 1. The maximum Gasteiger partial charge on any atom is 0.358 e. The van der Waals surface area contributed by atoms with Crippen LogP contribution in [0.15, 0.2) is 36.7 Å². The van der Waals surface area contributed by atoms with Gasteiger partial charge in [0.15, 0.2) is 5.69 Å². The SMILES string of the molecule is COC(=O)c1cncc(NCCc2cccc(F)c2)n1. The number of benzene rings is 1. The van der Waals surface area contributed by atoms with Crippen molar-refractivity contribution in [3.8, 4) is 0 Å². The molecule has 0 radical (unpaired) electrons. The number of nitrogens with one attached hydrogen (secondary N) is 1. The molecular weight excluding hydrogens is 261 g/mol. The summed E-state index contributed by atoms with van der Waals surface area (Å²) in [6.07, 6.45) is 3.49. The van der Waals surface area contributed by atoms with E-state index in [0.717, 1.165) is 5.56 Å². The van der Waals surface area contributed by atoms with Crippen molar-refractivity contribution in [3.63, 3.8) is 0 Å². The van der Waals surface area contributed by atoms with Gasteiger partial charge in [0.25, 0.3) is 0 Å². The number of esters is 1. The number of hydrogen-bond donors (Lipinski definition) is 1. The average molecular weight is 275 g/mol. The van der Waals surface area contributed by atoms with Gasteiger partial charge in [-0.1, -0.05) is 12.1 Å². The van der Waals surface area contributed by atoms with Crippen molar-refractivity contribution in [2.45, 2.75) is 6.42 Å². The van der Waals surface area contributed by atoms with Crippen LogP contribution in [0.1, 0.15) is 16.1 Å². The summed E-state index contributed by atoms with van der Waals surface area (Å²) < 4.78 is 17.6. The highest BCUT2D eigenvalue weighted by molar-refractivity contribution is 5.87. The molecule has 0 saturated heterocycles. The van der Waals surface area contributed by atoms with Crippen LogP contribution in [0.4, 0.5) is 10.2 Å². The molecule has 0 amide bonds. The smallest absolute Gasteiger partial charge is 0.358 e. The van der Waals surface area contributed by atoms with E-state index >= 15 is 0 Å². The fourth-order valence-electron chi connectivity index (χ4n) is 1.68. The average Bonchev–Trinajstić information content (AvgIpc) is 2.47. The van der Waals surface area contributed by atoms with Gasteiger partial charge in [0, 0.05) is 6.54 Å². The van der Waals surface area contributed by atoms with Crippen molar-refractivity contribution in [1.82, 2.24) is 9.97 Å². The first-order valence-electron chi connectivity index (χ1n) is 6.07. The Labute approximate surface area is 115 Å². The number of nitrogens with zero attached hydrogens (tertiary/aromatic N) is 2. The lowest BCUT2D eigenvalue weighted by atomic mass is 10.1. The number of carbonyl (C=O) groups is 1. The van der Waals surface area contributed by atoms with Crippen LogP contribution in [0.25, 0.3) is 0 Å². The first-order chi connectivity index (χ1) is 9.69. The number of anilines is 1. The summed E-state index contributed by atoms with van der Waals surface area (Å²) >= 11 is 0. The molecule has 6 heteroatoms. The normalized spacial score (nSPS) is 10.1. The molecule has 0 atom stereocenters. The largest absolute Gasteiger partial charge is 0.464 e. The van der Waals surface area contributed by atoms with Crippen LogP contribution in [0.3, 0.4) is 0 Å². The van der Waals surface area contributed by atoms with Gasteiger partial charge in [-0.2, -0.15) is 0 Å². The second kappa shape index (κ2) is 6.60. The summed E-state index contributed by atoms with van der Waals surface area (Å²) in [4.78, 5) is 19.3. The third-order valence-corrected chi connectivity index (χ3v) is 2.64. The van der Waals surface area contributed by atoms with Crippen molar-refractivity contribution in [1.29, 1.82) is 0 Å². The Bertz CT molecular complexity index is 604. The first-order valence-corrected chi connectivity index (χ1v) is 6.07. The molecule has 0 bridgehead atoms. The molecule has 0 aliphatic rings. The first kappa shape index (κ1) is 13.9. The number of ether oxygens (including phenoxy) is 1. The van der Waals surface area contributed by atoms with E-state index < -0.39 is 5.97 Å². The third kappa shape index (κ3) is 3.74. The molecule has 1 N–H and O–H groups in total. The highest BCUT2D eigenvalue weighted by Gasteiger charge is 2.08. The van der Waals surface area contributed by atoms with E-state index in [0.29, 0.717) is 18.8 Å². The molecule has 0 unspecified atom stereocenters. The molecule has 0 aliphatic heterocycles. The Morgan fingerprint density at radius 3 is 3.00 bits per heavy atom. The predicted octanol–water partition coefficient (Wildman–Crippen LogP) is 2.06. The van der Waals surface area contributed by atoms with Gasteiger partial charge >= 0.3 is 5.97 Å². The quantitative estimate of drug-likeness (QED) is 0.846. The van der Waals surface area contributed by atoms with Gasteiger partial charge in [-0.05, 0) is 24.1 Å². The molecule has 2 aromatic rings. The molecule has 0 saturated carbocycles. The summed E-state index contributed by atoms with van der Waals surface area (Å²) in [5, 5.41) is 3.03. The van der Waals surface area contributed by atoms with Gasteiger partial charge in [-0.25, -0.2) is 14.2 Å². The van der Waals surface area contributed by atoms with Crippen molar-refractivity contribution in [2.75, 3.05) is 19.0 Å². The molecule has 5 nitrogen and oxygen atoms in total. The number of carbonyl (C=O) groups excluding carboxylic acids is 1. The molecular formula is C14H14FN3O2. The number of methoxy groups -OCH3 is 1. The Morgan fingerprint density at radius 1 is 1.40 bits per heavy atom. The van der Waals surface area contributed by atoms with Gasteiger partial charge in [0.2, 0.25) is 0 Å². The fraction of sp³-hybridized carbons (Fsp3) is 0.214. The summed E-state index contributed by atoms with van der Waals surface area (Å²) in [7, 11) is 1.29. The maximum absolute atomic E-state index is 13.0. The topological polar surface area (TPSA) is 64.1 Å². The predicted molar refractivity (Wildman–Crippen MR) is 72.0 cm³/mol. The summed E-state index contributed by atoms with van der Waals surface area (Å²) in [6.45, 7) is 0.558. The van der Waals surface area contributed by atoms with E-state index in [9.17, 15) is 9.18 Å². The second-order valence-electron chi connectivity index (χ2n) is 4.09. The lowest BCUT2D eigenvalue weighted by Crippen LogP contribution is -2.10. The standard InChI is InChI=1S/C14H14FN3O2/c1-20-14(19)12-8-16-9-13(18-12)17-6-5-10-3-2-4-11(15)7-10/h2-4,7-9H,5-6H2,1H3,(H,17,18). The van der Waals surface area contributed by atoms with Gasteiger partial charge < -0.3 is 10.1 Å². The molecule has 1 heterocycles. The molecule has 1 aromatic heterocycles. The van der Waals surface area contributed by atoms with E-state index in [2.05, 4.69) is 20.0 Å². The minimum Gasteiger partial charge on any atom is -0.464 e. The highest BCUT2D eigenvalue weighted by Crippen LogP contribution is 2.06. The van der Waals surface area contributed by atoms with Gasteiger partial charge in [-0.3, -0.25) is 4.98 Å². The molecule has 20 heavy (non-hydrogen) atoms. The Kier molecular flexibility index (Phi) is 4.60. The molecule has 0 fully saturated rings. The molecule has 104 valence electrons. The van der Waals surface area contributed by atoms with Crippen LogP contribution in [0.2, 0.25) is 0 Å². The highest BCUT2D eigenvalue weighted by atomic mass is 19.1. The lowest BCUT2D eigenvalue weighted by Gasteiger charge is -2.06. The van der Waals surface area contributed by atoms with Crippen LogP contribution >= 0.6 is 0 Å². The van der Waals surface area contributed by atoms with Crippen molar-refractivity contribution >= 4 is 11.8 Å². The number of rotatable bonds is 5. The molecule has 2 rings (SSSR count). The van der Waals surface area contributed by atoms with Crippen molar-refractivity contribution in [3.05, 3.63) is 53.7 Å². The second-order valence-corrected chi connectivity index (χ2v) is 4.09. The van der Waals surface area contributed by atoms with Crippen molar-refractivity contribution in [2.24, 2.45) is 0 Å². The lowest BCUT2D eigenvalue weighted by molar-refractivity contribution is 0.0593. The van der Waals surface area contributed by atoms with Crippen LogP contribution in [0, 0.1) is 5.82 Å². The van der Waals surface area contributed by atoms with E-state index in [4.69, 9.17) is 0 Å². The summed E-state index contributed by atoms with van der Waals surface area (Å²) in [6, 6.07) is 6.41. The summed E-state index contributed by atoms with van der Waals surface area (Å²) in [5.41, 5.74) is 1.03. The zero-order valence-electron chi connectivity index (χ0n) is 11.0. The van der Waals surface area contributed by atoms with E-state index in [1.54, 1.807) is 6.07 Å². The fourth-order valence-corrected chi connectivity index (χ4v) is 1.68. The number of hydrogen-bond acceptors (Lipinski definition) is 5. The molecule has 0 spiro atoms. The maximum atomic E-state index is 13.0. The zero-order chi connectivity index (χ0) is 14.4. The Balaban J connectivity index is 1.92. The van der Waals surface area contributed by atoms with E-state index in [-0.39, 0.29) is 11.5 Å². The zero-order valence-corrected chi connectivity index (χ0v) is 11.0. The van der Waals surface area contributed by atoms with Crippen LogP contribution in [-0.4, -0.2) is 29.6 Å². The van der Waals surface area contributed by atoms with Crippen LogP contribution in [-0.2, 0) is 11.2 Å². The van der Waals surface area contributed by atoms with Gasteiger partial charge in [-0.15, -0.1) is 0 Å². The van der Waals surface area contributed by atoms with Crippen LogP contribution in [0.5, 0.6) is 0 Å². The van der Waals surface area contributed by atoms with Gasteiger partial charge in [0.1, 0.15) is 11.6 Å².